The quantitative estimate of drug-likeness (QED) is 0.481. The van der Waals surface area contributed by atoms with Crippen LogP contribution in [0.3, 0.4) is 0 Å². The molecule has 2 aliphatic carbocycles. The minimum absolute atomic E-state index is 0.0731. The average Bonchev–Trinajstić information content (AvgIpc) is 3.48. The summed E-state index contributed by atoms with van der Waals surface area (Å²) in [6, 6.07) is 5.25. The maximum atomic E-state index is 14.5. The fourth-order valence-electron chi connectivity index (χ4n) is 6.82. The van der Waals surface area contributed by atoms with Crippen molar-refractivity contribution in [1.29, 1.82) is 0 Å². The third kappa shape index (κ3) is 3.54. The molecule has 3 aromatic rings. The SMILES string of the molecule is CCN(C(=O)c1coc(C(C)(C)O)n1)[C@H](C)[C@@]12CC[C@@H](c3cc(-c4c(F)cccc4F)nnc31)C2(C)C. The Labute approximate surface area is 214 Å². The Kier molecular flexibility index (Phi) is 5.78. The molecule has 1 amide bonds. The minimum atomic E-state index is -1.31. The number of nitrogens with zero attached hydrogens (tertiary/aromatic N) is 4. The Balaban J connectivity index is 1.57. The average molecular weight is 511 g/mol. The fraction of sp³-hybridized carbons (Fsp3) is 0.500. The smallest absolute Gasteiger partial charge is 0.276 e. The Morgan fingerprint density at radius 3 is 2.54 bits per heavy atom. The summed E-state index contributed by atoms with van der Waals surface area (Å²) in [5, 5.41) is 19.1. The number of oxazole rings is 1. The van der Waals surface area contributed by atoms with Gasteiger partial charge >= 0.3 is 0 Å². The first kappa shape index (κ1) is 25.4. The summed E-state index contributed by atoms with van der Waals surface area (Å²) in [5.74, 6) is -1.48. The molecule has 3 atom stereocenters. The van der Waals surface area contributed by atoms with E-state index in [9.17, 15) is 18.7 Å². The monoisotopic (exact) mass is 510 g/mol. The van der Waals surface area contributed by atoms with E-state index in [-0.39, 0.29) is 46.1 Å². The van der Waals surface area contributed by atoms with Crippen LogP contribution in [0.25, 0.3) is 11.3 Å². The molecule has 5 rings (SSSR count). The highest BCUT2D eigenvalue weighted by molar-refractivity contribution is 5.92. The molecule has 0 unspecified atom stereocenters. The van der Waals surface area contributed by atoms with Gasteiger partial charge in [-0.3, -0.25) is 4.79 Å². The van der Waals surface area contributed by atoms with Gasteiger partial charge in [-0.2, -0.15) is 10.2 Å². The predicted octanol–water partition coefficient (Wildman–Crippen LogP) is 5.34. The zero-order chi connectivity index (χ0) is 26.9. The van der Waals surface area contributed by atoms with Crippen molar-refractivity contribution in [1.82, 2.24) is 20.1 Å². The zero-order valence-electron chi connectivity index (χ0n) is 22.0. The summed E-state index contributed by atoms with van der Waals surface area (Å²) in [5.41, 5.74) is -0.271. The topological polar surface area (TPSA) is 92.4 Å². The lowest BCUT2D eigenvalue weighted by molar-refractivity contribution is 0.0439. The van der Waals surface area contributed by atoms with E-state index in [1.807, 2.05) is 13.8 Å². The molecule has 196 valence electrons. The molecular weight excluding hydrogens is 478 g/mol. The summed E-state index contributed by atoms with van der Waals surface area (Å²) in [6.07, 6.45) is 2.95. The van der Waals surface area contributed by atoms with Gasteiger partial charge < -0.3 is 14.4 Å². The molecule has 0 spiro atoms. The number of halogens is 2. The van der Waals surface area contributed by atoms with E-state index in [2.05, 4.69) is 29.0 Å². The second-order valence-corrected chi connectivity index (χ2v) is 11.3. The molecule has 1 aromatic carbocycles. The molecule has 1 N–H and O–H groups in total. The number of carbonyl (C=O) groups is 1. The van der Waals surface area contributed by atoms with Crippen LogP contribution in [0.1, 0.15) is 87.9 Å². The van der Waals surface area contributed by atoms with E-state index in [0.717, 1.165) is 24.1 Å². The molecular formula is C28H32F2N4O3. The molecule has 2 heterocycles. The second kappa shape index (κ2) is 8.41. The number of hydrogen-bond donors (Lipinski definition) is 1. The van der Waals surface area contributed by atoms with Crippen molar-refractivity contribution in [3.63, 3.8) is 0 Å². The highest BCUT2D eigenvalue weighted by Crippen LogP contribution is 2.69. The molecule has 37 heavy (non-hydrogen) atoms. The van der Waals surface area contributed by atoms with Crippen LogP contribution in [0.15, 0.2) is 34.9 Å². The third-order valence-electron chi connectivity index (χ3n) is 8.72. The van der Waals surface area contributed by atoms with E-state index < -0.39 is 22.7 Å². The molecule has 2 aromatic heterocycles. The summed E-state index contributed by atoms with van der Waals surface area (Å²) in [7, 11) is 0. The first-order valence-electron chi connectivity index (χ1n) is 12.7. The van der Waals surface area contributed by atoms with E-state index in [1.54, 1.807) is 24.8 Å². The van der Waals surface area contributed by atoms with Crippen molar-refractivity contribution in [3.8, 4) is 11.3 Å². The van der Waals surface area contributed by atoms with Crippen molar-refractivity contribution in [2.45, 2.75) is 77.4 Å². The number of amides is 1. The Morgan fingerprint density at radius 2 is 1.95 bits per heavy atom. The first-order valence-corrected chi connectivity index (χ1v) is 12.7. The van der Waals surface area contributed by atoms with E-state index in [1.165, 1.54) is 24.5 Å². The summed E-state index contributed by atoms with van der Waals surface area (Å²) < 4.78 is 34.4. The summed E-state index contributed by atoms with van der Waals surface area (Å²) >= 11 is 0. The number of likely N-dealkylation sites (N-methyl/N-ethyl adjacent to an activating group) is 1. The summed E-state index contributed by atoms with van der Waals surface area (Å²) in [4.78, 5) is 19.6. The number of rotatable bonds is 6. The van der Waals surface area contributed by atoms with E-state index in [4.69, 9.17) is 4.42 Å². The lowest BCUT2D eigenvalue weighted by atomic mass is 9.64. The summed E-state index contributed by atoms with van der Waals surface area (Å²) in [6.45, 7) is 11.8. The number of aliphatic hydroxyl groups is 1. The largest absolute Gasteiger partial charge is 0.445 e. The van der Waals surface area contributed by atoms with Gasteiger partial charge in [0, 0.05) is 18.0 Å². The van der Waals surface area contributed by atoms with Gasteiger partial charge in [0.05, 0.1) is 17.0 Å². The van der Waals surface area contributed by atoms with Gasteiger partial charge in [0.15, 0.2) is 5.69 Å². The second-order valence-electron chi connectivity index (χ2n) is 11.3. The molecule has 1 fully saturated rings. The van der Waals surface area contributed by atoms with Crippen LogP contribution in [0.4, 0.5) is 8.78 Å². The van der Waals surface area contributed by atoms with Gasteiger partial charge in [0.25, 0.3) is 5.91 Å². The lowest BCUT2D eigenvalue weighted by Gasteiger charge is -2.47. The van der Waals surface area contributed by atoms with Crippen LogP contribution in [0, 0.1) is 17.0 Å². The van der Waals surface area contributed by atoms with Crippen molar-refractivity contribution in [2.75, 3.05) is 6.54 Å². The van der Waals surface area contributed by atoms with Crippen molar-refractivity contribution >= 4 is 5.91 Å². The van der Waals surface area contributed by atoms with Crippen LogP contribution in [0.2, 0.25) is 0 Å². The van der Waals surface area contributed by atoms with E-state index >= 15 is 0 Å². The van der Waals surface area contributed by atoms with Crippen LogP contribution >= 0.6 is 0 Å². The van der Waals surface area contributed by atoms with Gasteiger partial charge in [-0.05, 0) is 75.6 Å². The van der Waals surface area contributed by atoms with E-state index in [0.29, 0.717) is 6.54 Å². The maximum absolute atomic E-state index is 14.5. The normalized spacial score (nSPS) is 22.7. The van der Waals surface area contributed by atoms with Crippen LogP contribution < -0.4 is 0 Å². The first-order chi connectivity index (χ1) is 17.3. The van der Waals surface area contributed by atoms with Crippen molar-refractivity contribution in [2.24, 2.45) is 5.41 Å². The molecule has 0 radical (unpaired) electrons. The van der Waals surface area contributed by atoms with Crippen LogP contribution in [-0.2, 0) is 11.0 Å². The fourth-order valence-corrected chi connectivity index (χ4v) is 6.82. The Morgan fingerprint density at radius 1 is 1.27 bits per heavy atom. The van der Waals surface area contributed by atoms with Gasteiger partial charge in [0.2, 0.25) is 5.89 Å². The Hall–Kier alpha value is -3.20. The number of benzene rings is 1. The number of carbonyl (C=O) groups excluding carboxylic acids is 1. The molecule has 9 heteroatoms. The van der Waals surface area contributed by atoms with Crippen molar-refractivity contribution in [3.05, 3.63) is 65.0 Å². The predicted molar refractivity (Wildman–Crippen MR) is 133 cm³/mol. The highest BCUT2D eigenvalue weighted by Gasteiger charge is 2.66. The van der Waals surface area contributed by atoms with Gasteiger partial charge in [-0.15, -0.1) is 0 Å². The molecule has 1 saturated carbocycles. The minimum Gasteiger partial charge on any atom is -0.445 e. The van der Waals surface area contributed by atoms with Gasteiger partial charge in [0.1, 0.15) is 23.5 Å². The third-order valence-corrected chi connectivity index (χ3v) is 8.72. The maximum Gasteiger partial charge on any atom is 0.276 e. The molecule has 0 saturated heterocycles. The van der Waals surface area contributed by atoms with Gasteiger partial charge in [-0.1, -0.05) is 19.9 Å². The highest BCUT2D eigenvalue weighted by atomic mass is 19.1. The lowest BCUT2D eigenvalue weighted by Crippen LogP contribution is -2.55. The number of fused-ring (bicyclic) bond motifs is 5. The Bertz CT molecular complexity index is 1360. The molecule has 7 nitrogen and oxygen atoms in total. The van der Waals surface area contributed by atoms with Gasteiger partial charge in [-0.25, -0.2) is 13.8 Å². The van der Waals surface area contributed by atoms with Crippen LogP contribution in [-0.4, -0.2) is 43.7 Å². The van der Waals surface area contributed by atoms with Crippen LogP contribution in [0.5, 0.6) is 0 Å². The molecule has 0 aliphatic heterocycles. The number of aromatic nitrogens is 3. The molecule has 2 aliphatic rings. The number of hydrogen-bond acceptors (Lipinski definition) is 6. The molecule has 2 bridgehead atoms. The zero-order valence-corrected chi connectivity index (χ0v) is 22.0. The standard InChI is InChI=1S/C28H32F2N4O3/c1-7-34(24(35)21-14-37-25(31-21)27(5,6)36)15(2)28-12-11-17(26(28,3)4)16-13-20(32-33-23(16)28)22-18(29)9-8-10-19(22)30/h8-10,13-15,17,36H,7,11-12H2,1-6H3/t15-,17+,28+/m1/s1. The van der Waals surface area contributed by atoms with Crippen molar-refractivity contribution < 1.29 is 23.1 Å².